The van der Waals surface area contributed by atoms with Gasteiger partial charge in [0.15, 0.2) is 5.96 Å². The van der Waals surface area contributed by atoms with Crippen LogP contribution in [0.1, 0.15) is 52.2 Å². The first-order valence-corrected chi connectivity index (χ1v) is 10.9. The highest BCUT2D eigenvalue weighted by atomic mass is 32.2. The Morgan fingerprint density at radius 3 is 2.96 bits per heavy atom. The lowest BCUT2D eigenvalue weighted by molar-refractivity contribution is 0.412. The van der Waals surface area contributed by atoms with Gasteiger partial charge in [-0.3, -0.25) is 9.20 Å². The van der Waals surface area contributed by atoms with E-state index in [2.05, 4.69) is 24.5 Å². The highest BCUT2D eigenvalue weighted by molar-refractivity contribution is 7.85. The van der Waals surface area contributed by atoms with E-state index >= 15 is 0 Å². The molecule has 0 spiro atoms. The summed E-state index contributed by atoms with van der Waals surface area (Å²) in [4.78, 5) is 4.71. The molecule has 3 unspecified atom stereocenters. The Hall–Kier alpha value is -1.30. The lowest BCUT2D eigenvalue weighted by Gasteiger charge is -2.30. The van der Waals surface area contributed by atoms with Crippen LogP contribution in [0, 0.1) is 5.92 Å². The van der Waals surface area contributed by atoms with Crippen LogP contribution in [0.15, 0.2) is 27.8 Å². The van der Waals surface area contributed by atoms with E-state index in [4.69, 9.17) is 9.41 Å². The van der Waals surface area contributed by atoms with Crippen molar-refractivity contribution in [3.63, 3.8) is 0 Å². The number of hydrogen-bond acceptors (Lipinski definition) is 3. The number of hydrogen-bond donors (Lipinski definition) is 2. The molecule has 0 aromatic carbocycles. The van der Waals surface area contributed by atoms with Crippen LogP contribution in [0.3, 0.4) is 0 Å². The fourth-order valence-corrected chi connectivity index (χ4v) is 4.48. The molecule has 1 saturated carbocycles. The Kier molecular flexibility index (Phi) is 8.52. The van der Waals surface area contributed by atoms with Crippen molar-refractivity contribution in [3.05, 3.63) is 24.2 Å². The van der Waals surface area contributed by atoms with Gasteiger partial charge in [-0.15, -0.1) is 0 Å². The van der Waals surface area contributed by atoms with Crippen LogP contribution >= 0.6 is 0 Å². The summed E-state index contributed by atoms with van der Waals surface area (Å²) in [6.07, 6.45) is 6.86. The van der Waals surface area contributed by atoms with Crippen molar-refractivity contribution < 1.29 is 8.63 Å². The minimum absolute atomic E-state index is 0.325. The van der Waals surface area contributed by atoms with Crippen molar-refractivity contribution in [1.29, 1.82) is 0 Å². The Morgan fingerprint density at radius 2 is 2.28 bits per heavy atom. The molecule has 6 heteroatoms. The molecule has 1 fully saturated rings. The minimum Gasteiger partial charge on any atom is -0.469 e. The molecule has 3 atom stereocenters. The molecule has 142 valence electrons. The summed E-state index contributed by atoms with van der Waals surface area (Å²) in [7, 11) is -0.698. The van der Waals surface area contributed by atoms with Crippen molar-refractivity contribution in [1.82, 2.24) is 10.6 Å². The molecule has 1 aromatic heterocycles. The van der Waals surface area contributed by atoms with Gasteiger partial charge in [0, 0.05) is 47.4 Å². The molecule has 25 heavy (non-hydrogen) atoms. The SMILES string of the molecule is CCS(=O)C1CCCC(NC(=NCC(C)C)NCCc2ccco2)C1. The van der Waals surface area contributed by atoms with Crippen molar-refractivity contribution in [2.75, 3.05) is 18.8 Å². The van der Waals surface area contributed by atoms with Gasteiger partial charge in [0.2, 0.25) is 0 Å². The number of nitrogens with zero attached hydrogens (tertiary/aromatic N) is 1. The summed E-state index contributed by atoms with van der Waals surface area (Å²) in [6.45, 7) is 7.94. The van der Waals surface area contributed by atoms with Gasteiger partial charge >= 0.3 is 0 Å². The topological polar surface area (TPSA) is 66.6 Å². The predicted molar refractivity (Wildman–Crippen MR) is 105 cm³/mol. The van der Waals surface area contributed by atoms with Gasteiger partial charge in [-0.05, 0) is 37.3 Å². The Morgan fingerprint density at radius 1 is 1.44 bits per heavy atom. The molecular formula is C19H33N3O2S. The van der Waals surface area contributed by atoms with E-state index < -0.39 is 10.8 Å². The van der Waals surface area contributed by atoms with Crippen LogP contribution in [-0.2, 0) is 17.2 Å². The number of guanidine groups is 1. The van der Waals surface area contributed by atoms with Gasteiger partial charge in [0.25, 0.3) is 0 Å². The maximum Gasteiger partial charge on any atom is 0.191 e. The van der Waals surface area contributed by atoms with E-state index in [-0.39, 0.29) is 0 Å². The lowest BCUT2D eigenvalue weighted by Crippen LogP contribution is -2.47. The zero-order chi connectivity index (χ0) is 18.1. The van der Waals surface area contributed by atoms with Gasteiger partial charge in [0.1, 0.15) is 5.76 Å². The summed E-state index contributed by atoms with van der Waals surface area (Å²) < 4.78 is 17.5. The van der Waals surface area contributed by atoms with Gasteiger partial charge in [-0.1, -0.05) is 27.2 Å². The minimum atomic E-state index is -0.698. The van der Waals surface area contributed by atoms with E-state index in [0.717, 1.165) is 62.7 Å². The number of rotatable bonds is 8. The Balaban J connectivity index is 1.88. The highest BCUT2D eigenvalue weighted by Crippen LogP contribution is 2.23. The summed E-state index contributed by atoms with van der Waals surface area (Å²) in [5.74, 6) is 3.13. The second-order valence-electron chi connectivity index (χ2n) is 7.14. The largest absolute Gasteiger partial charge is 0.469 e. The molecule has 0 amide bonds. The smallest absolute Gasteiger partial charge is 0.191 e. The fraction of sp³-hybridized carbons (Fsp3) is 0.737. The monoisotopic (exact) mass is 367 g/mol. The number of aliphatic imine (C=N–C) groups is 1. The van der Waals surface area contributed by atoms with Gasteiger partial charge < -0.3 is 15.1 Å². The third-order valence-corrected chi connectivity index (χ3v) is 6.22. The van der Waals surface area contributed by atoms with Crippen molar-refractivity contribution >= 4 is 16.8 Å². The van der Waals surface area contributed by atoms with Crippen LogP contribution in [-0.4, -0.2) is 40.3 Å². The van der Waals surface area contributed by atoms with Crippen LogP contribution in [0.25, 0.3) is 0 Å². The second-order valence-corrected chi connectivity index (χ2v) is 9.14. The van der Waals surface area contributed by atoms with E-state index in [0.29, 0.717) is 17.2 Å². The first kappa shape index (κ1) is 20.0. The third-order valence-electron chi connectivity index (χ3n) is 4.48. The van der Waals surface area contributed by atoms with E-state index in [9.17, 15) is 4.21 Å². The fourth-order valence-electron chi connectivity index (χ4n) is 3.13. The summed E-state index contributed by atoms with van der Waals surface area (Å²) >= 11 is 0. The van der Waals surface area contributed by atoms with Crippen LogP contribution in [0.5, 0.6) is 0 Å². The van der Waals surface area contributed by atoms with E-state index in [1.807, 2.05) is 19.1 Å². The maximum atomic E-state index is 12.1. The molecule has 0 bridgehead atoms. The normalized spacial score (nSPS) is 22.8. The van der Waals surface area contributed by atoms with Crippen LogP contribution < -0.4 is 10.6 Å². The Labute approximate surface area is 154 Å². The summed E-state index contributed by atoms with van der Waals surface area (Å²) in [6, 6.07) is 4.26. The third kappa shape index (κ3) is 7.22. The lowest BCUT2D eigenvalue weighted by atomic mass is 9.95. The number of nitrogens with one attached hydrogen (secondary N) is 2. The van der Waals surface area contributed by atoms with Crippen LogP contribution in [0.4, 0.5) is 0 Å². The van der Waals surface area contributed by atoms with Gasteiger partial charge in [0.05, 0.1) is 6.26 Å². The first-order chi connectivity index (χ1) is 12.1. The molecule has 1 aromatic rings. The second kappa shape index (κ2) is 10.6. The highest BCUT2D eigenvalue weighted by Gasteiger charge is 2.26. The van der Waals surface area contributed by atoms with Crippen LogP contribution in [0.2, 0.25) is 0 Å². The molecule has 0 aliphatic heterocycles. The molecule has 2 rings (SSSR count). The molecule has 0 saturated heterocycles. The molecule has 1 aliphatic rings. The maximum absolute atomic E-state index is 12.1. The van der Waals surface area contributed by atoms with Crippen molar-refractivity contribution in [2.45, 2.75) is 64.2 Å². The molecule has 2 N–H and O–H groups in total. The average Bonchev–Trinajstić information content (AvgIpc) is 3.12. The molecule has 5 nitrogen and oxygen atoms in total. The molecule has 0 radical (unpaired) electrons. The average molecular weight is 368 g/mol. The summed E-state index contributed by atoms with van der Waals surface area (Å²) in [5, 5.41) is 7.32. The zero-order valence-electron chi connectivity index (χ0n) is 15.8. The molecule has 1 heterocycles. The van der Waals surface area contributed by atoms with E-state index in [1.165, 1.54) is 0 Å². The van der Waals surface area contributed by atoms with Crippen molar-refractivity contribution in [3.8, 4) is 0 Å². The summed E-state index contributed by atoms with van der Waals surface area (Å²) in [5.41, 5.74) is 0. The zero-order valence-corrected chi connectivity index (χ0v) is 16.6. The Bertz CT molecular complexity index is 543. The first-order valence-electron chi connectivity index (χ1n) is 9.52. The quantitative estimate of drug-likeness (QED) is 0.547. The van der Waals surface area contributed by atoms with Gasteiger partial charge in [-0.25, -0.2) is 0 Å². The van der Waals surface area contributed by atoms with Gasteiger partial charge in [-0.2, -0.15) is 0 Å². The predicted octanol–water partition coefficient (Wildman–Crippen LogP) is 3.09. The van der Waals surface area contributed by atoms with E-state index in [1.54, 1.807) is 6.26 Å². The molecule has 1 aliphatic carbocycles. The molecular weight excluding hydrogens is 334 g/mol. The number of furan rings is 1. The van der Waals surface area contributed by atoms with Crippen molar-refractivity contribution in [2.24, 2.45) is 10.9 Å². The standard InChI is InChI=1S/C19H33N3O2S/c1-4-25(23)18-9-5-7-16(13-18)22-19(21-14-15(2)3)20-11-10-17-8-6-12-24-17/h6,8,12,15-16,18H,4-5,7,9-11,13-14H2,1-3H3,(H2,20,21,22).